The second-order valence-electron chi connectivity index (χ2n) is 5.42. The van der Waals surface area contributed by atoms with Gasteiger partial charge in [-0.1, -0.05) is 0 Å². The van der Waals surface area contributed by atoms with Crippen molar-refractivity contribution in [3.63, 3.8) is 0 Å². The fraction of sp³-hybridized carbons (Fsp3) is 0.438. The summed E-state index contributed by atoms with van der Waals surface area (Å²) in [6.45, 7) is 8.19. The van der Waals surface area contributed by atoms with Gasteiger partial charge in [0, 0.05) is 30.2 Å². The summed E-state index contributed by atoms with van der Waals surface area (Å²) in [4.78, 5) is 15.1. The molecular formula is C16H22N3O+. The zero-order chi connectivity index (χ0) is 14.7. The van der Waals surface area contributed by atoms with Crippen molar-refractivity contribution < 1.29 is 9.78 Å². The van der Waals surface area contributed by atoms with Gasteiger partial charge in [-0.15, -0.1) is 0 Å². The number of Topliss-reactive ketones (excluding diaryl/α,β-unsaturated/α-hetero) is 1. The van der Waals surface area contributed by atoms with Gasteiger partial charge in [0.1, 0.15) is 5.78 Å². The van der Waals surface area contributed by atoms with Gasteiger partial charge in [-0.25, -0.2) is 4.98 Å². The Morgan fingerprint density at radius 2 is 2.15 bits per heavy atom. The number of nitrogens with zero attached hydrogens (tertiary/aromatic N) is 2. The second-order valence-corrected chi connectivity index (χ2v) is 5.42. The van der Waals surface area contributed by atoms with E-state index in [4.69, 9.17) is 0 Å². The predicted octanol–water partition coefficient (Wildman–Crippen LogP) is 2.39. The topological polar surface area (TPSA) is 49.0 Å². The van der Waals surface area contributed by atoms with Crippen LogP contribution in [0.25, 0.3) is 0 Å². The van der Waals surface area contributed by atoms with E-state index in [2.05, 4.69) is 23.9 Å². The minimum absolute atomic E-state index is 0.0996. The Labute approximate surface area is 119 Å². The van der Waals surface area contributed by atoms with Crippen molar-refractivity contribution >= 4 is 5.78 Å². The number of aryl methyl sites for hydroxylation is 1. The van der Waals surface area contributed by atoms with Crippen LogP contribution in [0.3, 0.4) is 0 Å². The SMILES string of the molecule is Cc1nn([C@H](C)CC(=O)Cc2ccc[nH+]c2)c(C)c1C. The molecular weight excluding hydrogens is 250 g/mol. The predicted molar refractivity (Wildman–Crippen MR) is 77.5 cm³/mol. The second kappa shape index (κ2) is 5.99. The fourth-order valence-electron chi connectivity index (χ4n) is 2.43. The molecule has 0 unspecified atom stereocenters. The van der Waals surface area contributed by atoms with E-state index in [1.807, 2.05) is 43.1 Å². The summed E-state index contributed by atoms with van der Waals surface area (Å²) in [7, 11) is 0. The minimum atomic E-state index is 0.0996. The maximum atomic E-state index is 12.1. The molecule has 2 rings (SSSR count). The Balaban J connectivity index is 2.02. The number of hydrogen-bond acceptors (Lipinski definition) is 2. The van der Waals surface area contributed by atoms with Gasteiger partial charge in [0.15, 0.2) is 12.4 Å². The van der Waals surface area contributed by atoms with Crippen LogP contribution in [0.1, 0.15) is 41.9 Å². The van der Waals surface area contributed by atoms with Crippen LogP contribution in [0.2, 0.25) is 0 Å². The molecule has 4 heteroatoms. The highest BCUT2D eigenvalue weighted by atomic mass is 16.1. The van der Waals surface area contributed by atoms with Crippen molar-refractivity contribution in [2.24, 2.45) is 0 Å². The Bertz CT molecular complexity index is 602. The van der Waals surface area contributed by atoms with Gasteiger partial charge in [-0.2, -0.15) is 5.10 Å². The van der Waals surface area contributed by atoms with Crippen LogP contribution < -0.4 is 4.98 Å². The number of pyridine rings is 1. The van der Waals surface area contributed by atoms with E-state index in [1.165, 1.54) is 5.56 Å². The monoisotopic (exact) mass is 272 g/mol. The van der Waals surface area contributed by atoms with E-state index >= 15 is 0 Å². The molecule has 4 nitrogen and oxygen atoms in total. The van der Waals surface area contributed by atoms with Crippen molar-refractivity contribution in [1.82, 2.24) is 9.78 Å². The van der Waals surface area contributed by atoms with E-state index in [1.54, 1.807) is 0 Å². The lowest BCUT2D eigenvalue weighted by molar-refractivity contribution is -0.378. The lowest BCUT2D eigenvalue weighted by Gasteiger charge is -2.13. The Kier molecular flexibility index (Phi) is 4.32. The summed E-state index contributed by atoms with van der Waals surface area (Å²) >= 11 is 0. The molecule has 0 spiro atoms. The first-order chi connectivity index (χ1) is 9.49. The Hall–Kier alpha value is -1.97. The van der Waals surface area contributed by atoms with Crippen molar-refractivity contribution in [2.75, 3.05) is 0 Å². The molecule has 20 heavy (non-hydrogen) atoms. The van der Waals surface area contributed by atoms with Crippen LogP contribution in [-0.4, -0.2) is 15.6 Å². The lowest BCUT2D eigenvalue weighted by Crippen LogP contribution is -2.16. The molecule has 106 valence electrons. The third-order valence-electron chi connectivity index (χ3n) is 3.80. The van der Waals surface area contributed by atoms with Crippen LogP contribution >= 0.6 is 0 Å². The Morgan fingerprint density at radius 3 is 2.70 bits per heavy atom. The number of H-pyrrole nitrogens is 1. The van der Waals surface area contributed by atoms with Gasteiger partial charge in [0.2, 0.25) is 0 Å². The third-order valence-corrected chi connectivity index (χ3v) is 3.80. The number of rotatable bonds is 5. The van der Waals surface area contributed by atoms with Crippen LogP contribution in [-0.2, 0) is 11.2 Å². The summed E-state index contributed by atoms with van der Waals surface area (Å²) in [5.41, 5.74) is 4.42. The summed E-state index contributed by atoms with van der Waals surface area (Å²) in [5.74, 6) is 0.238. The van der Waals surface area contributed by atoms with Gasteiger partial charge in [-0.3, -0.25) is 9.48 Å². The number of aromatic amines is 1. The molecule has 0 fully saturated rings. The van der Waals surface area contributed by atoms with Crippen molar-refractivity contribution in [2.45, 2.75) is 46.6 Å². The van der Waals surface area contributed by atoms with Gasteiger partial charge >= 0.3 is 0 Å². The van der Waals surface area contributed by atoms with Gasteiger partial charge < -0.3 is 0 Å². The van der Waals surface area contributed by atoms with E-state index < -0.39 is 0 Å². The number of nitrogens with one attached hydrogen (secondary N) is 1. The van der Waals surface area contributed by atoms with Crippen LogP contribution in [0, 0.1) is 20.8 Å². The first kappa shape index (κ1) is 14.4. The molecule has 0 aromatic carbocycles. The van der Waals surface area contributed by atoms with Crippen LogP contribution in [0.15, 0.2) is 24.5 Å². The molecule has 0 saturated heterocycles. The molecule has 2 aromatic rings. The molecule has 0 aliphatic rings. The zero-order valence-electron chi connectivity index (χ0n) is 12.6. The van der Waals surface area contributed by atoms with Gasteiger partial charge in [-0.05, 0) is 39.3 Å². The summed E-state index contributed by atoms with van der Waals surface area (Å²) in [5, 5.41) is 4.53. The number of ketones is 1. The highest BCUT2D eigenvalue weighted by molar-refractivity contribution is 5.81. The highest BCUT2D eigenvalue weighted by Crippen LogP contribution is 2.19. The molecule has 2 aromatic heterocycles. The molecule has 0 saturated carbocycles. The highest BCUT2D eigenvalue weighted by Gasteiger charge is 2.16. The standard InChI is InChI=1S/C16H21N3O/c1-11(19-14(4)12(2)13(3)18-19)8-16(20)9-15-6-5-7-17-10-15/h5-7,10-11H,8-9H2,1-4H3/p+1/t11-/m1/s1. The van der Waals surface area contributed by atoms with Gasteiger partial charge in [0.05, 0.1) is 11.7 Å². The minimum Gasteiger partial charge on any atom is -0.299 e. The van der Waals surface area contributed by atoms with Crippen LogP contribution in [0.4, 0.5) is 0 Å². The average Bonchev–Trinajstić information content (AvgIpc) is 2.67. The first-order valence-electron chi connectivity index (χ1n) is 6.98. The van der Waals surface area contributed by atoms with Crippen molar-refractivity contribution in [3.05, 3.63) is 47.0 Å². The Morgan fingerprint density at radius 1 is 1.40 bits per heavy atom. The summed E-state index contributed by atoms with van der Waals surface area (Å²) in [6, 6.07) is 3.98. The third kappa shape index (κ3) is 3.13. The first-order valence-corrected chi connectivity index (χ1v) is 6.98. The smallest absolute Gasteiger partial charge is 0.170 e. The fourth-order valence-corrected chi connectivity index (χ4v) is 2.43. The molecule has 1 atom stereocenters. The number of hydrogen-bond donors (Lipinski definition) is 0. The van der Waals surface area contributed by atoms with Crippen LogP contribution in [0.5, 0.6) is 0 Å². The molecule has 1 N–H and O–H groups in total. The van der Waals surface area contributed by atoms with E-state index in [-0.39, 0.29) is 11.8 Å². The number of carbonyl (C=O) groups excluding carboxylic acids is 1. The van der Waals surface area contributed by atoms with Crippen molar-refractivity contribution in [3.8, 4) is 0 Å². The quantitative estimate of drug-likeness (QED) is 0.839. The molecule has 0 aliphatic carbocycles. The largest absolute Gasteiger partial charge is 0.299 e. The number of carbonyl (C=O) groups is 1. The molecule has 0 radical (unpaired) electrons. The number of aromatic nitrogens is 3. The average molecular weight is 272 g/mol. The van der Waals surface area contributed by atoms with E-state index in [9.17, 15) is 4.79 Å². The normalized spacial score (nSPS) is 12.4. The zero-order valence-corrected chi connectivity index (χ0v) is 12.6. The summed E-state index contributed by atoms with van der Waals surface area (Å²) < 4.78 is 1.97. The van der Waals surface area contributed by atoms with Gasteiger partial charge in [0.25, 0.3) is 0 Å². The molecule has 0 aliphatic heterocycles. The molecule has 0 bridgehead atoms. The maximum absolute atomic E-state index is 12.1. The molecule has 0 amide bonds. The van der Waals surface area contributed by atoms with E-state index in [0.717, 1.165) is 17.0 Å². The molecule has 2 heterocycles. The lowest BCUT2D eigenvalue weighted by atomic mass is 10.1. The van der Waals surface area contributed by atoms with Crippen molar-refractivity contribution in [1.29, 1.82) is 0 Å². The van der Waals surface area contributed by atoms with E-state index in [0.29, 0.717) is 12.8 Å². The maximum Gasteiger partial charge on any atom is 0.170 e. The summed E-state index contributed by atoms with van der Waals surface area (Å²) in [6.07, 6.45) is 4.70.